The van der Waals surface area contributed by atoms with Gasteiger partial charge in [-0.3, -0.25) is 4.90 Å². The van der Waals surface area contributed by atoms with Crippen molar-refractivity contribution in [3.05, 3.63) is 5.82 Å². The average Bonchev–Trinajstić information content (AvgIpc) is 3.03. The van der Waals surface area contributed by atoms with Crippen molar-refractivity contribution in [3.63, 3.8) is 0 Å². The number of fused-ring (bicyclic) bond motifs is 1. The van der Waals surface area contributed by atoms with Gasteiger partial charge in [0.2, 0.25) is 0 Å². The lowest BCUT2D eigenvalue weighted by Crippen LogP contribution is -2.52. The van der Waals surface area contributed by atoms with Crippen LogP contribution in [0.15, 0.2) is 0 Å². The molecule has 2 saturated heterocycles. The van der Waals surface area contributed by atoms with E-state index in [0.29, 0.717) is 18.1 Å². The van der Waals surface area contributed by atoms with E-state index >= 15 is 0 Å². The van der Waals surface area contributed by atoms with Gasteiger partial charge in [-0.2, -0.15) is 0 Å². The molecule has 1 aromatic rings. The van der Waals surface area contributed by atoms with E-state index in [1.807, 2.05) is 4.68 Å². The molecule has 1 aromatic heterocycles. The van der Waals surface area contributed by atoms with Crippen LogP contribution in [0.1, 0.15) is 44.3 Å². The second kappa shape index (κ2) is 7.23. The zero-order valence-electron chi connectivity index (χ0n) is 13.8. The van der Waals surface area contributed by atoms with Crippen molar-refractivity contribution in [1.82, 2.24) is 25.1 Å². The number of tetrazole rings is 1. The molecule has 2 aliphatic heterocycles. The Morgan fingerprint density at radius 1 is 1.04 bits per heavy atom. The number of ether oxygens (including phenoxy) is 2. The summed E-state index contributed by atoms with van der Waals surface area (Å²) in [6.45, 7) is 5.34. The maximum absolute atomic E-state index is 5.97. The van der Waals surface area contributed by atoms with Crippen LogP contribution in [0.2, 0.25) is 0 Å². The van der Waals surface area contributed by atoms with Gasteiger partial charge in [0.15, 0.2) is 5.82 Å². The predicted molar refractivity (Wildman–Crippen MR) is 83.8 cm³/mol. The van der Waals surface area contributed by atoms with Crippen LogP contribution in [-0.2, 0) is 22.6 Å². The molecule has 1 aliphatic carbocycles. The lowest BCUT2D eigenvalue weighted by molar-refractivity contribution is -0.0922. The number of rotatable bonds is 4. The van der Waals surface area contributed by atoms with Gasteiger partial charge in [0, 0.05) is 32.3 Å². The van der Waals surface area contributed by atoms with Crippen LogP contribution in [-0.4, -0.2) is 63.6 Å². The summed E-state index contributed by atoms with van der Waals surface area (Å²) >= 11 is 0. The van der Waals surface area contributed by atoms with Gasteiger partial charge in [-0.25, -0.2) is 4.68 Å². The Hall–Kier alpha value is -1.05. The zero-order chi connectivity index (χ0) is 15.5. The first-order valence-electron chi connectivity index (χ1n) is 9.08. The van der Waals surface area contributed by atoms with Gasteiger partial charge < -0.3 is 9.47 Å². The molecule has 2 atom stereocenters. The van der Waals surface area contributed by atoms with Crippen molar-refractivity contribution in [1.29, 1.82) is 0 Å². The summed E-state index contributed by atoms with van der Waals surface area (Å²) in [5, 5.41) is 12.5. The molecule has 3 heterocycles. The molecule has 0 bridgehead atoms. The molecule has 128 valence electrons. The molecule has 0 spiro atoms. The van der Waals surface area contributed by atoms with Crippen molar-refractivity contribution in [2.45, 2.75) is 63.8 Å². The maximum atomic E-state index is 5.97. The molecule has 3 aliphatic rings. The molecule has 0 unspecified atom stereocenters. The van der Waals surface area contributed by atoms with Crippen molar-refractivity contribution < 1.29 is 9.47 Å². The Morgan fingerprint density at radius 3 is 2.83 bits per heavy atom. The highest BCUT2D eigenvalue weighted by Gasteiger charge is 2.34. The summed E-state index contributed by atoms with van der Waals surface area (Å²) in [5.74, 6) is 1.64. The number of hydrogen-bond donors (Lipinski definition) is 0. The highest BCUT2D eigenvalue weighted by atomic mass is 16.5. The van der Waals surface area contributed by atoms with E-state index in [1.54, 1.807) is 0 Å². The molecule has 0 N–H and O–H groups in total. The molecular formula is C16H27N5O2. The van der Waals surface area contributed by atoms with E-state index in [1.165, 1.54) is 25.7 Å². The van der Waals surface area contributed by atoms with E-state index in [9.17, 15) is 0 Å². The number of morpholine rings is 1. The summed E-state index contributed by atoms with van der Waals surface area (Å²) < 4.78 is 13.4. The molecule has 0 aromatic carbocycles. The molecule has 0 amide bonds. The summed E-state index contributed by atoms with van der Waals surface area (Å²) in [6.07, 6.45) is 7.70. The Bertz CT molecular complexity index is 500. The van der Waals surface area contributed by atoms with E-state index < -0.39 is 0 Å². The van der Waals surface area contributed by atoms with Crippen LogP contribution >= 0.6 is 0 Å². The van der Waals surface area contributed by atoms with Crippen LogP contribution in [0.3, 0.4) is 0 Å². The SMILES string of the molecule is C1CC[C@H]2[C@H](C1)OCCN2Cc1nnnn1CC1CCOCC1. The van der Waals surface area contributed by atoms with Crippen LogP contribution in [0.4, 0.5) is 0 Å². The van der Waals surface area contributed by atoms with Gasteiger partial charge in [0.25, 0.3) is 0 Å². The third kappa shape index (κ3) is 3.56. The van der Waals surface area contributed by atoms with Crippen LogP contribution in [0.25, 0.3) is 0 Å². The molecule has 1 saturated carbocycles. The molecule has 7 nitrogen and oxygen atoms in total. The number of aromatic nitrogens is 4. The van der Waals surface area contributed by atoms with Crippen LogP contribution in [0, 0.1) is 5.92 Å². The number of hydrogen-bond acceptors (Lipinski definition) is 6. The van der Waals surface area contributed by atoms with E-state index in [4.69, 9.17) is 9.47 Å². The molecule has 4 rings (SSSR count). The van der Waals surface area contributed by atoms with Gasteiger partial charge in [0.1, 0.15) is 0 Å². The second-order valence-electron chi connectivity index (χ2n) is 7.06. The highest BCUT2D eigenvalue weighted by molar-refractivity contribution is 4.91. The number of nitrogens with zero attached hydrogens (tertiary/aromatic N) is 5. The van der Waals surface area contributed by atoms with Crippen molar-refractivity contribution in [2.75, 3.05) is 26.4 Å². The van der Waals surface area contributed by atoms with Gasteiger partial charge >= 0.3 is 0 Å². The fourth-order valence-electron chi connectivity index (χ4n) is 4.21. The second-order valence-corrected chi connectivity index (χ2v) is 7.06. The smallest absolute Gasteiger partial charge is 0.165 e. The van der Waals surface area contributed by atoms with Gasteiger partial charge in [0.05, 0.1) is 19.3 Å². The quantitative estimate of drug-likeness (QED) is 0.831. The first kappa shape index (κ1) is 15.5. The molecule has 23 heavy (non-hydrogen) atoms. The fraction of sp³-hybridized carbons (Fsp3) is 0.938. The lowest BCUT2D eigenvalue weighted by atomic mass is 9.90. The largest absolute Gasteiger partial charge is 0.381 e. The van der Waals surface area contributed by atoms with Crippen molar-refractivity contribution >= 4 is 0 Å². The topological polar surface area (TPSA) is 65.3 Å². The molecular weight excluding hydrogens is 294 g/mol. The molecule has 3 fully saturated rings. The Kier molecular flexibility index (Phi) is 4.87. The summed E-state index contributed by atoms with van der Waals surface area (Å²) in [5.41, 5.74) is 0. The molecule has 0 radical (unpaired) electrons. The monoisotopic (exact) mass is 321 g/mol. The standard InChI is InChI=1S/C16H27N5O2/c1-2-4-15-14(3-1)20(7-10-23-15)12-16-17-18-19-21(16)11-13-5-8-22-9-6-13/h13-15H,1-12H2/t14-,15-/m0/s1. The average molecular weight is 321 g/mol. The first-order valence-corrected chi connectivity index (χ1v) is 9.08. The Morgan fingerprint density at radius 2 is 1.91 bits per heavy atom. The van der Waals surface area contributed by atoms with Crippen molar-refractivity contribution in [3.8, 4) is 0 Å². The van der Waals surface area contributed by atoms with Crippen LogP contribution in [0.5, 0.6) is 0 Å². The Labute approximate surface area is 137 Å². The van der Waals surface area contributed by atoms with E-state index in [-0.39, 0.29) is 0 Å². The zero-order valence-corrected chi connectivity index (χ0v) is 13.8. The summed E-state index contributed by atoms with van der Waals surface area (Å²) in [6, 6.07) is 0.547. The summed E-state index contributed by atoms with van der Waals surface area (Å²) in [7, 11) is 0. The maximum Gasteiger partial charge on any atom is 0.165 e. The van der Waals surface area contributed by atoms with Gasteiger partial charge in [-0.1, -0.05) is 12.8 Å². The predicted octanol–water partition coefficient (Wildman–Crippen LogP) is 1.24. The minimum Gasteiger partial charge on any atom is -0.381 e. The van der Waals surface area contributed by atoms with Gasteiger partial charge in [-0.15, -0.1) is 5.10 Å². The lowest BCUT2D eigenvalue weighted by Gasteiger charge is -2.43. The highest BCUT2D eigenvalue weighted by Crippen LogP contribution is 2.29. The Balaban J connectivity index is 1.41. The summed E-state index contributed by atoms with van der Waals surface area (Å²) in [4.78, 5) is 2.54. The van der Waals surface area contributed by atoms with Crippen molar-refractivity contribution in [2.24, 2.45) is 5.92 Å². The first-order chi connectivity index (χ1) is 11.4. The normalized spacial score (nSPS) is 30.3. The third-order valence-electron chi connectivity index (χ3n) is 5.57. The minimum atomic E-state index is 0.414. The van der Waals surface area contributed by atoms with Gasteiger partial charge in [-0.05, 0) is 42.0 Å². The third-order valence-corrected chi connectivity index (χ3v) is 5.57. The fourth-order valence-corrected chi connectivity index (χ4v) is 4.21. The molecule has 7 heteroatoms. The van der Waals surface area contributed by atoms with E-state index in [0.717, 1.165) is 58.1 Å². The van der Waals surface area contributed by atoms with E-state index in [2.05, 4.69) is 20.4 Å². The van der Waals surface area contributed by atoms with Crippen LogP contribution < -0.4 is 0 Å². The minimum absolute atomic E-state index is 0.414.